The van der Waals surface area contributed by atoms with Crippen molar-refractivity contribution in [1.82, 2.24) is 24.9 Å². The molecule has 4 rings (SSSR count). The van der Waals surface area contributed by atoms with Gasteiger partial charge in [0.05, 0.1) is 29.0 Å². The van der Waals surface area contributed by atoms with Gasteiger partial charge in [0, 0.05) is 31.2 Å². The monoisotopic (exact) mass is 340 g/mol. The largest absolute Gasteiger partial charge is 0.336 e. The zero-order chi connectivity index (χ0) is 17.4. The molecule has 0 aliphatic carbocycles. The molecule has 1 fully saturated rings. The van der Waals surface area contributed by atoms with Crippen LogP contribution < -0.4 is 5.73 Å². The molecule has 3 aromatic rings. The first-order valence-corrected chi connectivity index (χ1v) is 8.10. The van der Waals surface area contributed by atoms with Crippen LogP contribution in [0.3, 0.4) is 0 Å². The lowest BCUT2D eigenvalue weighted by atomic mass is 10.1. The third-order valence-electron chi connectivity index (χ3n) is 4.54. The molecular weight excluding hydrogens is 323 g/mol. The molecule has 128 valence electrons. The second-order valence-electron chi connectivity index (χ2n) is 6.08. The quantitative estimate of drug-likeness (QED) is 0.780. The lowest BCUT2D eigenvalue weighted by molar-refractivity contribution is 0.0788. The summed E-state index contributed by atoms with van der Waals surface area (Å²) in [5, 5.41) is 8.43. The zero-order valence-corrected chi connectivity index (χ0v) is 13.5. The molecule has 0 spiro atoms. The van der Waals surface area contributed by atoms with Crippen molar-refractivity contribution in [2.45, 2.75) is 19.0 Å². The third kappa shape index (κ3) is 2.74. The summed E-state index contributed by atoms with van der Waals surface area (Å²) in [6.07, 6.45) is 4.16. The summed E-state index contributed by atoms with van der Waals surface area (Å²) in [5.74, 6) is -0.527. The molecule has 1 unspecified atom stereocenters. The van der Waals surface area contributed by atoms with E-state index in [-0.39, 0.29) is 17.8 Å². The van der Waals surface area contributed by atoms with E-state index in [4.69, 9.17) is 5.73 Å². The number of nitrogens with two attached hydrogens (primary N) is 1. The molecule has 2 N–H and O–H groups in total. The molecular formula is C17H17FN6O. The molecule has 1 aliphatic rings. The number of fused-ring (bicyclic) bond motifs is 1. The van der Waals surface area contributed by atoms with Crippen molar-refractivity contribution in [2.75, 3.05) is 13.1 Å². The Labute approximate surface area is 143 Å². The Bertz CT molecular complexity index is 940. The van der Waals surface area contributed by atoms with Crippen LogP contribution in [0.25, 0.3) is 10.9 Å². The maximum Gasteiger partial charge on any atom is 0.256 e. The van der Waals surface area contributed by atoms with E-state index in [2.05, 4.69) is 15.3 Å². The van der Waals surface area contributed by atoms with Crippen LogP contribution in [0.1, 0.15) is 28.5 Å². The molecule has 2 aromatic heterocycles. The van der Waals surface area contributed by atoms with Gasteiger partial charge < -0.3 is 10.6 Å². The molecule has 1 aromatic carbocycles. The summed E-state index contributed by atoms with van der Waals surface area (Å²) >= 11 is 0. The van der Waals surface area contributed by atoms with Crippen molar-refractivity contribution in [3.05, 3.63) is 53.7 Å². The molecule has 1 amide bonds. The summed E-state index contributed by atoms with van der Waals surface area (Å²) in [5.41, 5.74) is 7.09. The average molecular weight is 340 g/mol. The van der Waals surface area contributed by atoms with Crippen molar-refractivity contribution in [2.24, 2.45) is 5.73 Å². The first kappa shape index (κ1) is 15.6. The van der Waals surface area contributed by atoms with Gasteiger partial charge in [-0.25, -0.2) is 9.07 Å². The lowest BCUT2D eigenvalue weighted by Crippen LogP contribution is -2.29. The normalized spacial score (nSPS) is 17.4. The zero-order valence-electron chi connectivity index (χ0n) is 13.5. The summed E-state index contributed by atoms with van der Waals surface area (Å²) in [4.78, 5) is 18.9. The number of benzene rings is 1. The Balaban J connectivity index is 1.59. The summed E-state index contributed by atoms with van der Waals surface area (Å²) in [6, 6.07) is 6.17. The molecule has 0 radical (unpaired) electrons. The molecule has 0 saturated carbocycles. The Morgan fingerprint density at radius 3 is 3.04 bits per heavy atom. The van der Waals surface area contributed by atoms with Crippen LogP contribution in [0.4, 0.5) is 4.39 Å². The fraction of sp³-hybridized carbons (Fsp3) is 0.294. The summed E-state index contributed by atoms with van der Waals surface area (Å²) in [6.45, 7) is 1.47. The summed E-state index contributed by atoms with van der Waals surface area (Å²) < 4.78 is 15.7. The lowest BCUT2D eigenvalue weighted by Gasteiger charge is -2.17. The van der Waals surface area contributed by atoms with E-state index in [9.17, 15) is 9.18 Å². The molecule has 1 atom stereocenters. The van der Waals surface area contributed by atoms with E-state index in [1.807, 2.05) is 6.20 Å². The molecule has 0 bridgehead atoms. The Morgan fingerprint density at radius 1 is 1.36 bits per heavy atom. The number of likely N-dealkylation sites (tertiary alicyclic amines) is 1. The Kier molecular flexibility index (Phi) is 3.89. The van der Waals surface area contributed by atoms with Crippen molar-refractivity contribution in [3.63, 3.8) is 0 Å². The SMILES string of the molecule is NCc1cn(C2CCN(C(=O)c3ccc(F)c4cccnc34)C2)nn1. The topological polar surface area (TPSA) is 89.9 Å². The van der Waals surface area contributed by atoms with Gasteiger partial charge in [-0.15, -0.1) is 5.10 Å². The van der Waals surface area contributed by atoms with Gasteiger partial charge >= 0.3 is 0 Å². The van der Waals surface area contributed by atoms with Gasteiger partial charge in [0.1, 0.15) is 5.82 Å². The molecule has 3 heterocycles. The minimum atomic E-state index is -0.379. The van der Waals surface area contributed by atoms with E-state index in [0.29, 0.717) is 36.1 Å². The standard InChI is InChI=1S/C17H17FN6O/c18-15-4-3-14(16-13(15)2-1-6-20-16)17(25)23-7-5-12(10-23)24-9-11(8-19)21-22-24/h1-4,6,9,12H,5,7-8,10,19H2. The van der Waals surface area contributed by atoms with Crippen LogP contribution in [0.5, 0.6) is 0 Å². The van der Waals surface area contributed by atoms with E-state index in [1.54, 1.807) is 27.9 Å². The fourth-order valence-electron chi connectivity index (χ4n) is 3.21. The van der Waals surface area contributed by atoms with Crippen molar-refractivity contribution < 1.29 is 9.18 Å². The number of carbonyl (C=O) groups is 1. The number of carbonyl (C=O) groups excluding carboxylic acids is 1. The van der Waals surface area contributed by atoms with Gasteiger partial charge in [0.2, 0.25) is 0 Å². The van der Waals surface area contributed by atoms with E-state index in [1.165, 1.54) is 12.1 Å². The number of hydrogen-bond acceptors (Lipinski definition) is 5. The van der Waals surface area contributed by atoms with Crippen LogP contribution in [-0.4, -0.2) is 43.9 Å². The van der Waals surface area contributed by atoms with Gasteiger partial charge in [0.25, 0.3) is 5.91 Å². The molecule has 1 aliphatic heterocycles. The second kappa shape index (κ2) is 6.21. The number of aromatic nitrogens is 4. The molecule has 1 saturated heterocycles. The predicted octanol–water partition coefficient (Wildman–Crippen LogP) is 1.51. The van der Waals surface area contributed by atoms with Gasteiger partial charge in [0.15, 0.2) is 0 Å². The van der Waals surface area contributed by atoms with Crippen molar-refractivity contribution in [3.8, 4) is 0 Å². The van der Waals surface area contributed by atoms with Crippen molar-refractivity contribution in [1.29, 1.82) is 0 Å². The van der Waals surface area contributed by atoms with Gasteiger partial charge in [-0.1, -0.05) is 5.21 Å². The number of rotatable bonds is 3. The minimum absolute atomic E-state index is 0.0661. The van der Waals surface area contributed by atoms with Crippen LogP contribution in [0, 0.1) is 5.82 Å². The fourth-order valence-corrected chi connectivity index (χ4v) is 3.21. The predicted molar refractivity (Wildman–Crippen MR) is 89.2 cm³/mol. The highest BCUT2D eigenvalue weighted by molar-refractivity contribution is 6.05. The van der Waals surface area contributed by atoms with Gasteiger partial charge in [-0.3, -0.25) is 9.78 Å². The third-order valence-corrected chi connectivity index (χ3v) is 4.54. The number of amides is 1. The number of nitrogens with zero attached hydrogens (tertiary/aromatic N) is 5. The van der Waals surface area contributed by atoms with E-state index in [0.717, 1.165) is 12.1 Å². The van der Waals surface area contributed by atoms with Crippen LogP contribution >= 0.6 is 0 Å². The maximum absolute atomic E-state index is 13.9. The number of halogens is 1. The Hall–Kier alpha value is -2.87. The number of pyridine rings is 1. The molecule has 8 heteroatoms. The molecule has 7 nitrogen and oxygen atoms in total. The van der Waals surface area contributed by atoms with Crippen molar-refractivity contribution >= 4 is 16.8 Å². The van der Waals surface area contributed by atoms with E-state index >= 15 is 0 Å². The van der Waals surface area contributed by atoms with Gasteiger partial charge in [-0.05, 0) is 30.7 Å². The second-order valence-corrected chi connectivity index (χ2v) is 6.08. The first-order chi connectivity index (χ1) is 12.2. The minimum Gasteiger partial charge on any atom is -0.336 e. The Morgan fingerprint density at radius 2 is 2.24 bits per heavy atom. The first-order valence-electron chi connectivity index (χ1n) is 8.10. The van der Waals surface area contributed by atoms with E-state index < -0.39 is 0 Å². The highest BCUT2D eigenvalue weighted by Crippen LogP contribution is 2.26. The number of hydrogen-bond donors (Lipinski definition) is 1. The summed E-state index contributed by atoms with van der Waals surface area (Å²) in [7, 11) is 0. The maximum atomic E-state index is 13.9. The average Bonchev–Trinajstić information content (AvgIpc) is 3.31. The van der Waals surface area contributed by atoms with Gasteiger partial charge in [-0.2, -0.15) is 0 Å². The highest BCUT2D eigenvalue weighted by Gasteiger charge is 2.30. The van der Waals surface area contributed by atoms with Crippen LogP contribution in [0.2, 0.25) is 0 Å². The van der Waals surface area contributed by atoms with Crippen LogP contribution in [0.15, 0.2) is 36.7 Å². The highest BCUT2D eigenvalue weighted by atomic mass is 19.1. The smallest absolute Gasteiger partial charge is 0.256 e. The van der Waals surface area contributed by atoms with Crippen LogP contribution in [-0.2, 0) is 6.54 Å². The molecule has 25 heavy (non-hydrogen) atoms.